The van der Waals surface area contributed by atoms with Crippen molar-refractivity contribution in [3.8, 4) is 5.75 Å². The van der Waals surface area contributed by atoms with Gasteiger partial charge in [-0.1, -0.05) is 15.9 Å². The van der Waals surface area contributed by atoms with Crippen molar-refractivity contribution in [3.63, 3.8) is 0 Å². The summed E-state index contributed by atoms with van der Waals surface area (Å²) >= 11 is 7.07. The van der Waals surface area contributed by atoms with Gasteiger partial charge in [-0.05, 0) is 65.3 Å². The zero-order valence-corrected chi connectivity index (χ0v) is 14.5. The van der Waals surface area contributed by atoms with E-state index < -0.39 is 0 Å². The molecule has 0 aliphatic carbocycles. The van der Waals surface area contributed by atoms with Gasteiger partial charge in [0.2, 0.25) is 0 Å². The van der Waals surface area contributed by atoms with Crippen LogP contribution in [0.2, 0.25) is 0 Å². The van der Waals surface area contributed by atoms with E-state index in [-0.39, 0.29) is 6.04 Å². The smallest absolute Gasteiger partial charge is 0.122 e. The zero-order valence-electron chi connectivity index (χ0n) is 11.4. The van der Waals surface area contributed by atoms with E-state index in [0.717, 1.165) is 32.4 Å². The van der Waals surface area contributed by atoms with Crippen LogP contribution in [0.3, 0.4) is 0 Å². The van der Waals surface area contributed by atoms with Gasteiger partial charge in [0.1, 0.15) is 5.75 Å². The van der Waals surface area contributed by atoms with Crippen LogP contribution in [0, 0.1) is 0 Å². The van der Waals surface area contributed by atoms with Crippen LogP contribution in [0.15, 0.2) is 45.5 Å². The number of rotatable bonds is 5. The number of halogens is 2. The Morgan fingerprint density at radius 3 is 2.75 bits per heavy atom. The summed E-state index contributed by atoms with van der Waals surface area (Å²) in [6, 6.07) is 10.1. The number of hydrogen-bond acceptors (Lipinski definition) is 3. The lowest BCUT2D eigenvalue weighted by molar-refractivity contribution is 0.406. The number of nitrogens with one attached hydrogen (secondary N) is 1. The van der Waals surface area contributed by atoms with Gasteiger partial charge >= 0.3 is 0 Å². The minimum absolute atomic E-state index is 0.119. The number of nitrogens with zero attached hydrogens (tertiary/aromatic N) is 1. The fraction of sp³-hybridized carbons (Fsp3) is 0.267. The lowest BCUT2D eigenvalue weighted by atomic mass is 10.0. The van der Waals surface area contributed by atoms with Crippen molar-refractivity contribution in [2.45, 2.75) is 12.5 Å². The number of hydrogen-bond donors (Lipinski definition) is 1. The number of ether oxygens (including phenoxy) is 1. The van der Waals surface area contributed by atoms with Crippen LogP contribution >= 0.6 is 31.9 Å². The molecule has 0 bridgehead atoms. The molecule has 0 aliphatic rings. The summed E-state index contributed by atoms with van der Waals surface area (Å²) < 4.78 is 7.48. The molecule has 1 heterocycles. The second kappa shape index (κ2) is 7.20. The van der Waals surface area contributed by atoms with Crippen LogP contribution in [0.4, 0.5) is 0 Å². The Kier molecular flexibility index (Phi) is 5.57. The minimum atomic E-state index is 0.119. The summed E-state index contributed by atoms with van der Waals surface area (Å²) in [5.74, 6) is 0.889. The number of likely N-dealkylation sites (N-methyl/N-ethyl adjacent to an activating group) is 1. The molecule has 0 aliphatic heterocycles. The Morgan fingerprint density at radius 2 is 2.10 bits per heavy atom. The maximum Gasteiger partial charge on any atom is 0.122 e. The summed E-state index contributed by atoms with van der Waals surface area (Å²) in [5, 5.41) is 3.32. The Hall–Kier alpha value is -0.910. The SMILES string of the molecule is CNC(Cc1cc(Br)ccc1OC)c1ncccc1Br. The van der Waals surface area contributed by atoms with E-state index in [0.29, 0.717) is 0 Å². The molecule has 0 radical (unpaired) electrons. The van der Waals surface area contributed by atoms with E-state index in [1.807, 2.05) is 37.5 Å². The molecule has 2 rings (SSSR count). The summed E-state index contributed by atoms with van der Waals surface area (Å²) in [7, 11) is 3.63. The molecular formula is C15H16Br2N2O. The highest BCUT2D eigenvalue weighted by Gasteiger charge is 2.17. The predicted molar refractivity (Wildman–Crippen MR) is 88.1 cm³/mol. The number of methoxy groups -OCH3 is 1. The molecule has 1 unspecified atom stereocenters. The second-order valence-electron chi connectivity index (χ2n) is 4.37. The molecule has 106 valence electrons. The first kappa shape index (κ1) is 15.5. The molecule has 20 heavy (non-hydrogen) atoms. The van der Waals surface area contributed by atoms with Crippen molar-refractivity contribution >= 4 is 31.9 Å². The van der Waals surface area contributed by atoms with Crippen molar-refractivity contribution < 1.29 is 4.74 Å². The molecule has 1 aromatic heterocycles. The van der Waals surface area contributed by atoms with Crippen molar-refractivity contribution in [3.05, 3.63) is 56.7 Å². The van der Waals surface area contributed by atoms with E-state index in [1.54, 1.807) is 7.11 Å². The van der Waals surface area contributed by atoms with E-state index in [9.17, 15) is 0 Å². The average Bonchev–Trinajstić information content (AvgIpc) is 2.46. The molecule has 1 aromatic carbocycles. The van der Waals surface area contributed by atoms with Gasteiger partial charge in [0.15, 0.2) is 0 Å². The van der Waals surface area contributed by atoms with Crippen LogP contribution < -0.4 is 10.1 Å². The van der Waals surface area contributed by atoms with Crippen LogP contribution in [0.5, 0.6) is 5.75 Å². The average molecular weight is 400 g/mol. The molecule has 0 saturated heterocycles. The first-order valence-corrected chi connectivity index (χ1v) is 7.84. The van der Waals surface area contributed by atoms with Crippen molar-refractivity contribution in [2.75, 3.05) is 14.2 Å². The number of benzene rings is 1. The summed E-state index contributed by atoms with van der Waals surface area (Å²) in [5.41, 5.74) is 2.14. The lowest BCUT2D eigenvalue weighted by Crippen LogP contribution is -2.20. The van der Waals surface area contributed by atoms with E-state index in [2.05, 4.69) is 48.2 Å². The Labute approximate surface area is 136 Å². The molecule has 3 nitrogen and oxygen atoms in total. The second-order valence-corrected chi connectivity index (χ2v) is 6.14. The molecule has 1 N–H and O–H groups in total. The van der Waals surface area contributed by atoms with Crippen LogP contribution in [0.25, 0.3) is 0 Å². The van der Waals surface area contributed by atoms with Gasteiger partial charge in [0.05, 0.1) is 18.8 Å². The number of aromatic nitrogens is 1. The monoisotopic (exact) mass is 398 g/mol. The van der Waals surface area contributed by atoms with Gasteiger partial charge in [-0.3, -0.25) is 4.98 Å². The van der Waals surface area contributed by atoms with Gasteiger partial charge in [0, 0.05) is 15.1 Å². The molecule has 0 spiro atoms. The first-order chi connectivity index (χ1) is 9.65. The largest absolute Gasteiger partial charge is 0.496 e. The van der Waals surface area contributed by atoms with E-state index in [4.69, 9.17) is 4.74 Å². The third-order valence-electron chi connectivity index (χ3n) is 3.13. The lowest BCUT2D eigenvalue weighted by Gasteiger charge is -2.18. The quantitative estimate of drug-likeness (QED) is 0.821. The van der Waals surface area contributed by atoms with Crippen LogP contribution in [0.1, 0.15) is 17.3 Å². The van der Waals surface area contributed by atoms with Crippen molar-refractivity contribution in [1.29, 1.82) is 0 Å². The molecule has 5 heteroatoms. The maximum absolute atomic E-state index is 5.43. The molecule has 0 fully saturated rings. The zero-order chi connectivity index (χ0) is 14.5. The van der Waals surface area contributed by atoms with Crippen molar-refractivity contribution in [2.24, 2.45) is 0 Å². The highest BCUT2D eigenvalue weighted by molar-refractivity contribution is 9.10. The maximum atomic E-state index is 5.43. The van der Waals surface area contributed by atoms with Gasteiger partial charge in [0.25, 0.3) is 0 Å². The fourth-order valence-corrected chi connectivity index (χ4v) is 3.06. The standard InChI is InChI=1S/C15H16Br2N2O/c1-18-13(15-12(17)4-3-7-19-15)9-10-8-11(16)5-6-14(10)20-2/h3-8,13,18H,9H2,1-2H3. The Morgan fingerprint density at radius 1 is 1.30 bits per heavy atom. The molecule has 2 aromatic rings. The Bertz CT molecular complexity index is 590. The van der Waals surface area contributed by atoms with Gasteiger partial charge in [-0.25, -0.2) is 0 Å². The minimum Gasteiger partial charge on any atom is -0.496 e. The van der Waals surface area contributed by atoms with Gasteiger partial charge in [-0.2, -0.15) is 0 Å². The fourth-order valence-electron chi connectivity index (χ4n) is 2.12. The molecule has 1 atom stereocenters. The third-order valence-corrected chi connectivity index (χ3v) is 4.30. The summed E-state index contributed by atoms with van der Waals surface area (Å²) in [6.45, 7) is 0. The molecule has 0 amide bonds. The topological polar surface area (TPSA) is 34.1 Å². The first-order valence-electron chi connectivity index (χ1n) is 6.25. The Balaban J connectivity index is 2.31. The molecule has 0 saturated carbocycles. The normalized spacial score (nSPS) is 12.2. The summed E-state index contributed by atoms with van der Waals surface area (Å²) in [6.07, 6.45) is 2.61. The van der Waals surface area contributed by atoms with Gasteiger partial charge in [-0.15, -0.1) is 0 Å². The van der Waals surface area contributed by atoms with E-state index in [1.165, 1.54) is 0 Å². The highest BCUT2D eigenvalue weighted by Crippen LogP contribution is 2.29. The van der Waals surface area contributed by atoms with E-state index >= 15 is 0 Å². The highest BCUT2D eigenvalue weighted by atomic mass is 79.9. The van der Waals surface area contributed by atoms with Crippen LogP contribution in [-0.4, -0.2) is 19.1 Å². The number of pyridine rings is 1. The predicted octanol–water partition coefficient (Wildman–Crippen LogP) is 4.12. The van der Waals surface area contributed by atoms with Gasteiger partial charge < -0.3 is 10.1 Å². The third kappa shape index (κ3) is 3.59. The molecular weight excluding hydrogens is 384 g/mol. The van der Waals surface area contributed by atoms with Crippen molar-refractivity contribution in [1.82, 2.24) is 10.3 Å². The van der Waals surface area contributed by atoms with Crippen LogP contribution in [-0.2, 0) is 6.42 Å². The summed E-state index contributed by atoms with van der Waals surface area (Å²) in [4.78, 5) is 4.46.